The van der Waals surface area contributed by atoms with Gasteiger partial charge in [-0.2, -0.15) is 0 Å². The Morgan fingerprint density at radius 3 is 2.46 bits per heavy atom. The van der Waals surface area contributed by atoms with Gasteiger partial charge in [-0.3, -0.25) is 4.90 Å². The zero-order chi connectivity index (χ0) is 17.6. The number of nitrogens with zero attached hydrogens (tertiary/aromatic N) is 3. The molecule has 1 fully saturated rings. The van der Waals surface area contributed by atoms with Crippen molar-refractivity contribution in [2.24, 2.45) is 0 Å². The number of hydrogen-bond donors (Lipinski definition) is 0. The highest BCUT2D eigenvalue weighted by Gasteiger charge is 2.16. The van der Waals surface area contributed by atoms with E-state index in [0.29, 0.717) is 6.61 Å². The van der Waals surface area contributed by atoms with E-state index >= 15 is 0 Å². The molecule has 134 valence electrons. The van der Waals surface area contributed by atoms with Crippen LogP contribution < -0.4 is 9.64 Å². The highest BCUT2D eigenvalue weighted by atomic mass is 16.5. The summed E-state index contributed by atoms with van der Waals surface area (Å²) in [6, 6.07) is 20.9. The van der Waals surface area contributed by atoms with Crippen molar-refractivity contribution < 1.29 is 4.74 Å². The SMILES string of the molecule is c1ccc(N2CCN(CCCOc3nccc4ccccc34)CC2)cc1. The van der Waals surface area contributed by atoms with E-state index in [9.17, 15) is 0 Å². The first kappa shape index (κ1) is 16.9. The molecule has 3 aromatic rings. The zero-order valence-corrected chi connectivity index (χ0v) is 15.1. The summed E-state index contributed by atoms with van der Waals surface area (Å²) in [4.78, 5) is 9.38. The molecule has 0 bridgehead atoms. The Hall–Kier alpha value is -2.59. The topological polar surface area (TPSA) is 28.6 Å². The standard InChI is InChI=1S/C22H25N3O/c1-2-8-20(9-3-1)25-16-14-24(15-17-25)13-6-18-26-22-21-10-5-4-7-19(21)11-12-23-22/h1-5,7-12H,6,13-18H2. The lowest BCUT2D eigenvalue weighted by atomic mass is 10.2. The molecule has 0 N–H and O–H groups in total. The van der Waals surface area contributed by atoms with Crippen molar-refractivity contribution >= 4 is 16.5 Å². The number of rotatable bonds is 6. The van der Waals surface area contributed by atoms with Crippen LogP contribution >= 0.6 is 0 Å². The zero-order valence-electron chi connectivity index (χ0n) is 15.1. The lowest BCUT2D eigenvalue weighted by Crippen LogP contribution is -2.46. The number of pyridine rings is 1. The first-order valence-electron chi connectivity index (χ1n) is 9.39. The van der Waals surface area contributed by atoms with Crippen LogP contribution in [-0.4, -0.2) is 49.2 Å². The Morgan fingerprint density at radius 1 is 0.846 bits per heavy atom. The van der Waals surface area contributed by atoms with Crippen LogP contribution in [0.2, 0.25) is 0 Å². The lowest BCUT2D eigenvalue weighted by Gasteiger charge is -2.36. The van der Waals surface area contributed by atoms with Gasteiger partial charge in [0.15, 0.2) is 0 Å². The van der Waals surface area contributed by atoms with Crippen molar-refractivity contribution in [3.05, 3.63) is 66.9 Å². The van der Waals surface area contributed by atoms with Crippen LogP contribution in [0, 0.1) is 0 Å². The average Bonchev–Trinajstić information content (AvgIpc) is 2.72. The van der Waals surface area contributed by atoms with Crippen LogP contribution in [0.3, 0.4) is 0 Å². The summed E-state index contributed by atoms with van der Waals surface area (Å²) in [6.07, 6.45) is 2.84. The molecule has 1 aliphatic rings. The number of anilines is 1. The predicted molar refractivity (Wildman–Crippen MR) is 107 cm³/mol. The van der Waals surface area contributed by atoms with Gasteiger partial charge in [-0.25, -0.2) is 4.98 Å². The highest BCUT2D eigenvalue weighted by molar-refractivity contribution is 5.86. The Morgan fingerprint density at radius 2 is 1.62 bits per heavy atom. The van der Waals surface area contributed by atoms with Crippen LogP contribution in [0.5, 0.6) is 5.88 Å². The van der Waals surface area contributed by atoms with E-state index in [-0.39, 0.29) is 0 Å². The van der Waals surface area contributed by atoms with Gasteiger partial charge in [-0.05, 0) is 36.1 Å². The van der Waals surface area contributed by atoms with E-state index in [0.717, 1.165) is 50.4 Å². The number of para-hydroxylation sites is 1. The molecule has 0 aliphatic carbocycles. The molecular formula is C22H25N3O. The van der Waals surface area contributed by atoms with E-state index < -0.39 is 0 Å². The van der Waals surface area contributed by atoms with Gasteiger partial charge < -0.3 is 9.64 Å². The summed E-state index contributed by atoms with van der Waals surface area (Å²) in [5, 5.41) is 2.26. The van der Waals surface area contributed by atoms with Gasteiger partial charge in [0.05, 0.1) is 6.61 Å². The third kappa shape index (κ3) is 3.97. The second-order valence-corrected chi connectivity index (χ2v) is 6.70. The third-order valence-corrected chi connectivity index (χ3v) is 4.99. The Labute approximate surface area is 155 Å². The minimum atomic E-state index is 0.708. The molecular weight excluding hydrogens is 322 g/mol. The van der Waals surface area contributed by atoms with Crippen molar-refractivity contribution in [2.75, 3.05) is 44.2 Å². The van der Waals surface area contributed by atoms with E-state index in [4.69, 9.17) is 4.74 Å². The monoisotopic (exact) mass is 347 g/mol. The molecule has 0 radical (unpaired) electrons. The Balaban J connectivity index is 1.22. The summed E-state index contributed by atoms with van der Waals surface area (Å²) in [5.74, 6) is 0.747. The second-order valence-electron chi connectivity index (χ2n) is 6.70. The summed E-state index contributed by atoms with van der Waals surface area (Å²) < 4.78 is 5.95. The number of ether oxygens (including phenoxy) is 1. The Kier molecular flexibility index (Phi) is 5.31. The molecule has 0 amide bonds. The minimum absolute atomic E-state index is 0.708. The van der Waals surface area contributed by atoms with Crippen LogP contribution in [0.15, 0.2) is 66.9 Å². The molecule has 2 heterocycles. The summed E-state index contributed by atoms with van der Waals surface area (Å²) in [7, 11) is 0. The molecule has 4 heteroatoms. The maximum absolute atomic E-state index is 5.95. The molecule has 2 aromatic carbocycles. The maximum Gasteiger partial charge on any atom is 0.221 e. The number of piperazine rings is 1. The first-order chi connectivity index (χ1) is 12.9. The van der Waals surface area contributed by atoms with Gasteiger partial charge in [0, 0.05) is 50.0 Å². The van der Waals surface area contributed by atoms with Crippen molar-refractivity contribution in [1.29, 1.82) is 0 Å². The van der Waals surface area contributed by atoms with Gasteiger partial charge in [0.2, 0.25) is 5.88 Å². The molecule has 0 spiro atoms. The summed E-state index contributed by atoms with van der Waals surface area (Å²) in [5.41, 5.74) is 1.33. The number of hydrogen-bond acceptors (Lipinski definition) is 4. The van der Waals surface area contributed by atoms with Crippen molar-refractivity contribution in [1.82, 2.24) is 9.88 Å². The number of benzene rings is 2. The highest BCUT2D eigenvalue weighted by Crippen LogP contribution is 2.22. The van der Waals surface area contributed by atoms with Gasteiger partial charge in [-0.15, -0.1) is 0 Å². The number of fused-ring (bicyclic) bond motifs is 1. The molecule has 1 aromatic heterocycles. The Bertz CT molecular complexity index is 824. The molecule has 26 heavy (non-hydrogen) atoms. The van der Waals surface area contributed by atoms with Gasteiger partial charge >= 0.3 is 0 Å². The lowest BCUT2D eigenvalue weighted by molar-refractivity contribution is 0.223. The van der Waals surface area contributed by atoms with Crippen molar-refractivity contribution in [3.8, 4) is 5.88 Å². The maximum atomic E-state index is 5.95. The van der Waals surface area contributed by atoms with Crippen LogP contribution in [-0.2, 0) is 0 Å². The first-order valence-corrected chi connectivity index (χ1v) is 9.39. The molecule has 0 atom stereocenters. The van der Waals surface area contributed by atoms with Gasteiger partial charge in [0.1, 0.15) is 0 Å². The summed E-state index contributed by atoms with van der Waals surface area (Å²) >= 11 is 0. The fraction of sp³-hybridized carbons (Fsp3) is 0.318. The van der Waals surface area contributed by atoms with Gasteiger partial charge in [-0.1, -0.05) is 36.4 Å². The largest absolute Gasteiger partial charge is 0.477 e. The minimum Gasteiger partial charge on any atom is -0.477 e. The van der Waals surface area contributed by atoms with Crippen LogP contribution in [0.25, 0.3) is 10.8 Å². The van der Waals surface area contributed by atoms with Crippen LogP contribution in [0.1, 0.15) is 6.42 Å². The third-order valence-electron chi connectivity index (χ3n) is 4.99. The normalized spacial score (nSPS) is 15.3. The fourth-order valence-corrected chi connectivity index (χ4v) is 3.53. The molecule has 1 aliphatic heterocycles. The predicted octanol–water partition coefficient (Wildman–Crippen LogP) is 3.83. The fourth-order valence-electron chi connectivity index (χ4n) is 3.53. The molecule has 4 rings (SSSR count). The second kappa shape index (κ2) is 8.19. The van der Waals surface area contributed by atoms with Crippen LogP contribution in [0.4, 0.5) is 5.69 Å². The van der Waals surface area contributed by atoms with Gasteiger partial charge in [0.25, 0.3) is 0 Å². The summed E-state index contributed by atoms with van der Waals surface area (Å²) in [6.45, 7) is 6.20. The van der Waals surface area contributed by atoms with E-state index in [1.54, 1.807) is 0 Å². The quantitative estimate of drug-likeness (QED) is 0.634. The average molecular weight is 347 g/mol. The van der Waals surface area contributed by atoms with E-state index in [1.807, 2.05) is 24.4 Å². The van der Waals surface area contributed by atoms with Crippen molar-refractivity contribution in [2.45, 2.75) is 6.42 Å². The molecule has 4 nitrogen and oxygen atoms in total. The number of aromatic nitrogens is 1. The molecule has 0 unspecified atom stereocenters. The molecule has 1 saturated heterocycles. The smallest absolute Gasteiger partial charge is 0.221 e. The van der Waals surface area contributed by atoms with Crippen molar-refractivity contribution in [3.63, 3.8) is 0 Å². The van der Waals surface area contributed by atoms with E-state index in [1.165, 1.54) is 11.1 Å². The van der Waals surface area contributed by atoms with E-state index in [2.05, 4.69) is 57.2 Å². The molecule has 0 saturated carbocycles.